The second-order valence-electron chi connectivity index (χ2n) is 9.69. The molecule has 0 fully saturated rings. The molecule has 0 atom stereocenters. The van der Waals surface area contributed by atoms with Crippen molar-refractivity contribution >= 4 is 28.6 Å². The third kappa shape index (κ3) is 9.51. The second kappa shape index (κ2) is 14.6. The Hall–Kier alpha value is -3.34. The topological polar surface area (TPSA) is 74.9 Å². The summed E-state index contributed by atoms with van der Waals surface area (Å²) in [4.78, 5) is 24.7. The van der Waals surface area contributed by atoms with Gasteiger partial charge >= 0.3 is 0 Å². The van der Waals surface area contributed by atoms with Gasteiger partial charge in [0.15, 0.2) is 5.78 Å². The number of carbonyl (C=O) groups excluding carboxylic acids is 1. The van der Waals surface area contributed by atoms with Crippen LogP contribution in [-0.2, 0) is 21.9 Å². The maximum absolute atomic E-state index is 10.0. The van der Waals surface area contributed by atoms with Crippen molar-refractivity contribution in [1.29, 1.82) is 0 Å². The summed E-state index contributed by atoms with van der Waals surface area (Å²) in [5, 5.41) is 8.36. The van der Waals surface area contributed by atoms with Gasteiger partial charge in [0.1, 0.15) is 0 Å². The van der Waals surface area contributed by atoms with Crippen LogP contribution in [0.2, 0.25) is 0 Å². The molecule has 0 radical (unpaired) electrons. The van der Waals surface area contributed by atoms with Gasteiger partial charge < -0.3 is 5.11 Å². The number of aliphatic hydroxyl groups is 1. The smallest absolute Gasteiger partial charge is 0.155 e. The molecule has 5 nitrogen and oxygen atoms in total. The first-order chi connectivity index (χ1) is 17.3. The summed E-state index contributed by atoms with van der Waals surface area (Å²) in [6, 6.07) is 14.7. The number of nitrogens with zero attached hydrogens (tertiary/aromatic N) is 3. The van der Waals surface area contributed by atoms with Crippen molar-refractivity contribution < 1.29 is 27.0 Å². The predicted molar refractivity (Wildman–Crippen MR) is 156 cm³/mol. The molecular weight excluding hydrogens is 514 g/mol. The number of aromatic nitrogens is 1. The number of rotatable bonds is 5. The molecule has 0 saturated carbocycles. The van der Waals surface area contributed by atoms with Crippen molar-refractivity contribution in [1.82, 2.24) is 4.98 Å². The van der Waals surface area contributed by atoms with Crippen LogP contribution in [0.3, 0.4) is 0 Å². The summed E-state index contributed by atoms with van der Waals surface area (Å²) in [6.07, 6.45) is 1.17. The van der Waals surface area contributed by atoms with Gasteiger partial charge in [-0.3, -0.25) is 14.8 Å². The Kier molecular flexibility index (Phi) is 12.5. The van der Waals surface area contributed by atoms with Crippen LogP contribution >= 0.6 is 0 Å². The molecule has 1 heterocycles. The first-order valence-corrected chi connectivity index (χ1v) is 12.4. The number of benzene rings is 2. The number of ketones is 1. The van der Waals surface area contributed by atoms with Crippen LogP contribution in [0.25, 0.3) is 0 Å². The van der Waals surface area contributed by atoms with Gasteiger partial charge in [-0.1, -0.05) is 41.5 Å². The van der Waals surface area contributed by atoms with E-state index in [0.29, 0.717) is 0 Å². The van der Waals surface area contributed by atoms with Crippen LogP contribution in [-0.4, -0.2) is 27.3 Å². The van der Waals surface area contributed by atoms with E-state index in [2.05, 4.69) is 65.8 Å². The quantitative estimate of drug-likeness (QED) is 0.150. The molecule has 3 aromatic rings. The fourth-order valence-corrected chi connectivity index (χ4v) is 4.28. The molecule has 0 aliphatic heterocycles. The molecule has 0 saturated heterocycles. The normalized spacial score (nSPS) is 11.9. The van der Waals surface area contributed by atoms with Gasteiger partial charge in [0.25, 0.3) is 0 Å². The van der Waals surface area contributed by atoms with Crippen LogP contribution in [0.5, 0.6) is 0 Å². The summed E-state index contributed by atoms with van der Waals surface area (Å²) in [5.41, 5.74) is 12.9. The maximum Gasteiger partial charge on any atom is 0.155 e. The third-order valence-electron chi connectivity index (χ3n) is 5.73. The van der Waals surface area contributed by atoms with Crippen molar-refractivity contribution in [2.45, 2.75) is 69.2 Å². The van der Waals surface area contributed by atoms with Gasteiger partial charge in [-0.2, -0.15) is 0 Å². The van der Waals surface area contributed by atoms with Gasteiger partial charge in [0.05, 0.1) is 39.9 Å². The van der Waals surface area contributed by atoms with Gasteiger partial charge in [-0.15, -0.1) is 0 Å². The number of aliphatic hydroxyl groups excluding tert-OH is 1. The number of aryl methyl sites for hydroxylation is 6. The van der Waals surface area contributed by atoms with E-state index in [1.807, 2.05) is 32.0 Å². The maximum atomic E-state index is 10.0. The largest absolute Gasteiger partial charge is 0.512 e. The van der Waals surface area contributed by atoms with E-state index in [0.717, 1.165) is 34.2 Å². The molecule has 6 heteroatoms. The molecular formula is C32H39FeN3O2. The fourth-order valence-electron chi connectivity index (χ4n) is 4.28. The van der Waals surface area contributed by atoms with Crippen LogP contribution in [0, 0.1) is 41.5 Å². The minimum absolute atomic E-state index is 0. The number of carbonyl (C=O) groups is 1. The monoisotopic (exact) mass is 553 g/mol. The molecule has 2 aromatic carbocycles. The Morgan fingerprint density at radius 2 is 1.05 bits per heavy atom. The SMILES string of the molecule is CC(=Nc1c(C)cc(C)cc1C)c1cccc(C(C)=Nc2c(C)cc(C)cc2C)n1.CC(=O)/C=C(/C)O.[Fe]. The van der Waals surface area contributed by atoms with Gasteiger partial charge in [-0.05, 0) is 104 Å². The molecule has 0 amide bonds. The molecule has 1 aromatic heterocycles. The summed E-state index contributed by atoms with van der Waals surface area (Å²) in [7, 11) is 0. The molecule has 38 heavy (non-hydrogen) atoms. The molecule has 1 N–H and O–H groups in total. The minimum Gasteiger partial charge on any atom is -0.512 e. The zero-order chi connectivity index (χ0) is 27.9. The molecule has 0 spiro atoms. The van der Waals surface area contributed by atoms with E-state index in [4.69, 9.17) is 20.1 Å². The Labute approximate surface area is 238 Å². The Balaban J connectivity index is 0.000000797. The summed E-state index contributed by atoms with van der Waals surface area (Å²) in [5.74, 6) is -0.0625. The summed E-state index contributed by atoms with van der Waals surface area (Å²) < 4.78 is 0. The average molecular weight is 554 g/mol. The molecule has 3 rings (SSSR count). The van der Waals surface area contributed by atoms with Crippen molar-refractivity contribution in [3.05, 3.63) is 99.1 Å². The zero-order valence-electron chi connectivity index (χ0n) is 24.2. The van der Waals surface area contributed by atoms with E-state index in [-0.39, 0.29) is 28.6 Å². The molecule has 0 bridgehead atoms. The average Bonchev–Trinajstić information content (AvgIpc) is 2.78. The Bertz CT molecular complexity index is 1260. The Morgan fingerprint density at radius 3 is 1.32 bits per heavy atom. The minimum atomic E-state index is -0.125. The van der Waals surface area contributed by atoms with Crippen molar-refractivity contribution in [3.8, 4) is 0 Å². The summed E-state index contributed by atoms with van der Waals surface area (Å²) in [6.45, 7) is 19.6. The number of pyridine rings is 1. The third-order valence-corrected chi connectivity index (χ3v) is 5.73. The van der Waals surface area contributed by atoms with E-state index in [1.54, 1.807) is 0 Å². The first-order valence-electron chi connectivity index (χ1n) is 12.4. The second-order valence-corrected chi connectivity index (χ2v) is 9.69. The van der Waals surface area contributed by atoms with Gasteiger partial charge in [-0.25, -0.2) is 4.98 Å². The zero-order valence-corrected chi connectivity index (χ0v) is 25.3. The van der Waals surface area contributed by atoms with E-state index < -0.39 is 0 Å². The molecule has 202 valence electrons. The van der Waals surface area contributed by atoms with E-state index >= 15 is 0 Å². The molecule has 0 unspecified atom stereocenters. The predicted octanol–water partition coefficient (Wildman–Crippen LogP) is 8.25. The molecule has 0 aliphatic carbocycles. The van der Waals surface area contributed by atoms with E-state index in [9.17, 15) is 4.79 Å². The number of hydrogen-bond acceptors (Lipinski definition) is 5. The van der Waals surface area contributed by atoms with Gasteiger partial charge in [0, 0.05) is 23.1 Å². The van der Waals surface area contributed by atoms with E-state index in [1.165, 1.54) is 53.3 Å². The number of allylic oxidation sites excluding steroid dienone is 2. The standard InChI is InChI=1S/C27H31N3.C5H8O2.Fe/c1-16-12-18(3)26(19(4)13-16)28-22(7)24-10-9-11-25(30-24)23(8)29-27-20(5)14-17(2)15-21(27)6;1-4(6)3-5(2)7;/h9-15H,1-8H3;3,6H,1-2H3;/b;4-3-;. The van der Waals surface area contributed by atoms with Crippen molar-refractivity contribution in [2.75, 3.05) is 0 Å². The van der Waals surface area contributed by atoms with Crippen LogP contribution in [0.15, 0.2) is 64.3 Å². The summed E-state index contributed by atoms with van der Waals surface area (Å²) >= 11 is 0. The van der Waals surface area contributed by atoms with Crippen LogP contribution < -0.4 is 0 Å². The van der Waals surface area contributed by atoms with Gasteiger partial charge in [0.2, 0.25) is 0 Å². The van der Waals surface area contributed by atoms with Crippen LogP contribution in [0.1, 0.15) is 72.5 Å². The van der Waals surface area contributed by atoms with Crippen molar-refractivity contribution in [3.63, 3.8) is 0 Å². The van der Waals surface area contributed by atoms with Crippen LogP contribution in [0.4, 0.5) is 11.4 Å². The number of hydrogen-bond donors (Lipinski definition) is 1. The van der Waals surface area contributed by atoms with Crippen molar-refractivity contribution in [2.24, 2.45) is 9.98 Å². The fraction of sp³-hybridized carbons (Fsp3) is 0.312. The molecule has 0 aliphatic rings. The Morgan fingerprint density at radius 1 is 0.711 bits per heavy atom. The number of aliphatic imine (C=N–C) groups is 2. The first kappa shape index (κ1) is 32.7.